The third-order valence-electron chi connectivity index (χ3n) is 4.83. The molecule has 2 unspecified atom stereocenters. The van der Waals surface area contributed by atoms with E-state index < -0.39 is 0 Å². The summed E-state index contributed by atoms with van der Waals surface area (Å²) in [6, 6.07) is 9.85. The van der Waals surface area contributed by atoms with Gasteiger partial charge >= 0.3 is 0 Å². The number of Topliss-reactive ketones (excluding diaryl/α,β-unsaturated/α-hetero) is 1. The summed E-state index contributed by atoms with van der Waals surface area (Å²) in [5.41, 5.74) is 0.931. The highest BCUT2D eigenvalue weighted by atomic mass is 16.1. The van der Waals surface area contributed by atoms with Crippen LogP contribution < -0.4 is 0 Å². The van der Waals surface area contributed by atoms with E-state index in [2.05, 4.69) is 0 Å². The molecule has 1 aromatic rings. The van der Waals surface area contributed by atoms with Crippen LogP contribution in [0, 0.1) is 29.6 Å². The van der Waals surface area contributed by atoms with Crippen molar-refractivity contribution in [3.63, 3.8) is 0 Å². The summed E-state index contributed by atoms with van der Waals surface area (Å²) < 4.78 is 0. The van der Waals surface area contributed by atoms with E-state index in [1.165, 1.54) is 12.8 Å². The fourth-order valence-electron chi connectivity index (χ4n) is 4.26. The second kappa shape index (κ2) is 2.52. The van der Waals surface area contributed by atoms with Gasteiger partial charge in [-0.2, -0.15) is 0 Å². The molecule has 4 bridgehead atoms. The maximum atomic E-state index is 12.3. The van der Waals surface area contributed by atoms with Gasteiger partial charge < -0.3 is 0 Å². The first-order chi connectivity index (χ1) is 7.36. The van der Waals surface area contributed by atoms with E-state index in [-0.39, 0.29) is 0 Å². The van der Waals surface area contributed by atoms with Crippen LogP contribution in [0.25, 0.3) is 0 Å². The summed E-state index contributed by atoms with van der Waals surface area (Å²) in [5.74, 6) is 4.20. The summed E-state index contributed by atoms with van der Waals surface area (Å²) in [4.78, 5) is 12.3. The summed E-state index contributed by atoms with van der Waals surface area (Å²) in [5, 5.41) is 0. The molecular formula is C14H14O. The third-order valence-corrected chi connectivity index (χ3v) is 4.83. The van der Waals surface area contributed by atoms with Crippen molar-refractivity contribution in [1.29, 1.82) is 0 Å². The van der Waals surface area contributed by atoms with E-state index in [1.807, 2.05) is 30.3 Å². The highest BCUT2D eigenvalue weighted by molar-refractivity contribution is 5.99. The van der Waals surface area contributed by atoms with E-state index in [1.54, 1.807) is 0 Å². The van der Waals surface area contributed by atoms with Crippen molar-refractivity contribution in [3.05, 3.63) is 35.9 Å². The highest BCUT2D eigenvalue weighted by Crippen LogP contribution is 2.73. The van der Waals surface area contributed by atoms with Crippen LogP contribution >= 0.6 is 0 Å². The van der Waals surface area contributed by atoms with Crippen molar-refractivity contribution in [1.82, 2.24) is 0 Å². The van der Waals surface area contributed by atoms with Gasteiger partial charge in [0, 0.05) is 11.5 Å². The van der Waals surface area contributed by atoms with Crippen molar-refractivity contribution < 1.29 is 4.79 Å². The van der Waals surface area contributed by atoms with E-state index in [0.29, 0.717) is 11.7 Å². The topological polar surface area (TPSA) is 17.1 Å². The molecule has 4 aliphatic rings. The Labute approximate surface area is 89.5 Å². The lowest BCUT2D eigenvalue weighted by atomic mass is 9.90. The fourth-order valence-corrected chi connectivity index (χ4v) is 4.26. The van der Waals surface area contributed by atoms with Crippen LogP contribution in [0.3, 0.4) is 0 Å². The fraction of sp³-hybridized carbons (Fsp3) is 0.500. The summed E-state index contributed by atoms with van der Waals surface area (Å²) in [6.07, 6.45) is 2.69. The van der Waals surface area contributed by atoms with Gasteiger partial charge in [0.05, 0.1) is 0 Å². The molecule has 0 spiro atoms. The Morgan fingerprint density at radius 2 is 1.73 bits per heavy atom. The molecule has 1 nitrogen and oxygen atoms in total. The largest absolute Gasteiger partial charge is 0.294 e. The summed E-state index contributed by atoms with van der Waals surface area (Å²) in [7, 11) is 0. The Bertz CT molecular complexity index is 408. The van der Waals surface area contributed by atoms with Crippen LogP contribution in [0.4, 0.5) is 0 Å². The van der Waals surface area contributed by atoms with E-state index >= 15 is 0 Å². The quantitative estimate of drug-likeness (QED) is 0.668. The predicted molar refractivity (Wildman–Crippen MR) is 57.5 cm³/mol. The molecule has 0 amide bonds. The minimum Gasteiger partial charge on any atom is -0.294 e. The number of rotatable bonds is 2. The number of carbonyl (C=O) groups excluding carboxylic acids is 1. The zero-order valence-electron chi connectivity index (χ0n) is 8.60. The van der Waals surface area contributed by atoms with Gasteiger partial charge in [-0.3, -0.25) is 4.79 Å². The average molecular weight is 198 g/mol. The van der Waals surface area contributed by atoms with Crippen LogP contribution in [0.1, 0.15) is 23.2 Å². The average Bonchev–Trinajstić information content (AvgIpc) is 2.73. The zero-order chi connectivity index (χ0) is 9.99. The van der Waals surface area contributed by atoms with Crippen LogP contribution in [0.15, 0.2) is 30.3 Å². The highest BCUT2D eigenvalue weighted by Gasteiger charge is 2.69. The second-order valence-electron chi connectivity index (χ2n) is 5.39. The molecule has 5 atom stereocenters. The molecular weight excluding hydrogens is 184 g/mol. The smallest absolute Gasteiger partial charge is 0.166 e. The number of carbonyl (C=O) groups is 1. The molecule has 0 saturated heterocycles. The molecule has 0 aliphatic heterocycles. The van der Waals surface area contributed by atoms with E-state index in [4.69, 9.17) is 0 Å². The molecule has 4 fully saturated rings. The minimum atomic E-state index is 0.391. The summed E-state index contributed by atoms with van der Waals surface area (Å²) >= 11 is 0. The maximum absolute atomic E-state index is 12.3. The molecule has 15 heavy (non-hydrogen) atoms. The summed E-state index contributed by atoms with van der Waals surface area (Å²) in [6.45, 7) is 0. The van der Waals surface area contributed by atoms with Crippen molar-refractivity contribution in [2.24, 2.45) is 29.6 Å². The van der Waals surface area contributed by atoms with Gasteiger partial charge in [-0.15, -0.1) is 0 Å². The monoisotopic (exact) mass is 198 g/mol. The molecule has 76 valence electrons. The first-order valence-corrected chi connectivity index (χ1v) is 5.95. The van der Waals surface area contributed by atoms with Gasteiger partial charge in [-0.05, 0) is 36.5 Å². The lowest BCUT2D eigenvalue weighted by Gasteiger charge is -2.13. The second-order valence-corrected chi connectivity index (χ2v) is 5.39. The van der Waals surface area contributed by atoms with Gasteiger partial charge in [0.1, 0.15) is 0 Å². The molecule has 1 aromatic carbocycles. The van der Waals surface area contributed by atoms with Crippen LogP contribution in [-0.4, -0.2) is 5.78 Å². The lowest BCUT2D eigenvalue weighted by molar-refractivity contribution is 0.0892. The molecule has 0 aromatic heterocycles. The normalized spacial score (nSPS) is 44.4. The number of hydrogen-bond acceptors (Lipinski definition) is 1. The Balaban J connectivity index is 1.67. The number of hydrogen-bond donors (Lipinski definition) is 0. The Morgan fingerprint density at radius 3 is 2.27 bits per heavy atom. The number of ketones is 1. The van der Waals surface area contributed by atoms with Gasteiger partial charge in [-0.1, -0.05) is 30.3 Å². The molecule has 4 aliphatic carbocycles. The van der Waals surface area contributed by atoms with Crippen molar-refractivity contribution in [2.75, 3.05) is 0 Å². The lowest BCUT2D eigenvalue weighted by Crippen LogP contribution is -2.18. The van der Waals surface area contributed by atoms with Gasteiger partial charge in [0.15, 0.2) is 5.78 Å². The molecule has 0 radical (unpaired) electrons. The van der Waals surface area contributed by atoms with E-state index in [9.17, 15) is 4.79 Å². The van der Waals surface area contributed by atoms with Gasteiger partial charge in [-0.25, -0.2) is 0 Å². The maximum Gasteiger partial charge on any atom is 0.166 e. The first kappa shape index (κ1) is 8.09. The number of benzene rings is 1. The van der Waals surface area contributed by atoms with Gasteiger partial charge in [0.25, 0.3) is 0 Å². The minimum absolute atomic E-state index is 0.391. The standard InChI is InChI=1S/C14H14O/c15-14(8-4-2-1-3-5-8)12-9-6-10-11(7-9)13(10)12/h1-5,9-13H,6-7H2/t9?,10-,11+,12-,13?/m1/s1. The Morgan fingerprint density at radius 1 is 1.07 bits per heavy atom. The predicted octanol–water partition coefficient (Wildman–Crippen LogP) is 2.77. The van der Waals surface area contributed by atoms with Crippen LogP contribution in [0.5, 0.6) is 0 Å². The van der Waals surface area contributed by atoms with Gasteiger partial charge in [0.2, 0.25) is 0 Å². The SMILES string of the molecule is O=C(c1ccccc1)[C@@H]1C2C[C@@H]3C1[C@@H]3C2. The zero-order valence-corrected chi connectivity index (χ0v) is 8.60. The first-order valence-electron chi connectivity index (χ1n) is 5.95. The molecule has 5 rings (SSSR count). The third kappa shape index (κ3) is 0.914. The Hall–Kier alpha value is -1.11. The molecule has 1 heteroatoms. The molecule has 4 saturated carbocycles. The van der Waals surface area contributed by atoms with Crippen LogP contribution in [0.2, 0.25) is 0 Å². The molecule has 0 N–H and O–H groups in total. The van der Waals surface area contributed by atoms with Crippen molar-refractivity contribution in [3.8, 4) is 0 Å². The van der Waals surface area contributed by atoms with Crippen molar-refractivity contribution in [2.45, 2.75) is 12.8 Å². The van der Waals surface area contributed by atoms with Crippen LogP contribution in [-0.2, 0) is 0 Å². The molecule has 0 heterocycles. The van der Waals surface area contributed by atoms with E-state index in [0.717, 1.165) is 29.2 Å². The van der Waals surface area contributed by atoms with Crippen molar-refractivity contribution >= 4 is 5.78 Å². The Kier molecular flexibility index (Phi) is 1.36.